The first-order chi connectivity index (χ1) is 4.66. The molecule has 2 atom stereocenters. The van der Waals surface area contributed by atoms with Crippen LogP contribution in [-0.2, 0) is 9.05 Å². The van der Waals surface area contributed by atoms with Crippen molar-refractivity contribution < 1.29 is 9.05 Å². The Labute approximate surface area is 73.2 Å². The normalized spacial score (nSPS) is 41.6. The fourth-order valence-corrected chi connectivity index (χ4v) is 4.49. The van der Waals surface area contributed by atoms with Crippen LogP contribution in [0.4, 0.5) is 0 Å². The van der Waals surface area contributed by atoms with Crippen molar-refractivity contribution in [3.63, 3.8) is 0 Å². The van der Waals surface area contributed by atoms with Gasteiger partial charge in [-0.25, -0.2) is 0 Å². The number of rotatable bonds is 1. The number of hydrogen-bond acceptors (Lipinski definition) is 3. The first kappa shape index (κ1) is 9.31. The molecule has 1 heterocycles. The van der Waals surface area contributed by atoms with Gasteiger partial charge in [0.05, 0.1) is 0 Å². The van der Waals surface area contributed by atoms with Gasteiger partial charge in [-0.2, -0.15) is 0 Å². The summed E-state index contributed by atoms with van der Waals surface area (Å²) in [6, 6.07) is 0. The maximum absolute atomic E-state index is 5.62. The van der Waals surface area contributed by atoms with Gasteiger partial charge in [0.25, 0.3) is 0 Å². The average Bonchev–Trinajstić information content (AvgIpc) is 1.88. The Hall–Kier alpha value is 1.22. The summed E-state index contributed by atoms with van der Waals surface area (Å²) in [5, 5.41) is -1.61. The van der Waals surface area contributed by atoms with E-state index in [4.69, 9.17) is 9.05 Å². The molecule has 0 radical (unpaired) electrons. The molecule has 10 heavy (non-hydrogen) atoms. The Bertz CT molecular complexity index is 164. The molecule has 0 saturated carbocycles. The van der Waals surface area contributed by atoms with Gasteiger partial charge in [-0.3, -0.25) is 0 Å². The monoisotopic (exact) mass is 246 g/mol. The molecule has 1 saturated heterocycles. The molecule has 0 unspecified atom stereocenters. The third-order valence-electron chi connectivity index (χ3n) is 1.31. The molecule has 0 spiro atoms. The Kier molecular flexibility index (Phi) is 3.49. The van der Waals surface area contributed by atoms with Gasteiger partial charge in [0.2, 0.25) is 0 Å². The third-order valence-corrected chi connectivity index (χ3v) is 8.81. The van der Waals surface area contributed by atoms with Gasteiger partial charge in [0, 0.05) is 0 Å². The fourth-order valence-electron chi connectivity index (χ4n) is 0.730. The van der Waals surface area contributed by atoms with Crippen LogP contribution in [0.5, 0.6) is 0 Å². The van der Waals surface area contributed by atoms with Crippen molar-refractivity contribution in [2.24, 2.45) is 0 Å². The van der Waals surface area contributed by atoms with E-state index in [9.17, 15) is 0 Å². The summed E-state index contributed by atoms with van der Waals surface area (Å²) in [5.74, 6) is 0. The average molecular weight is 245 g/mol. The molecule has 0 aromatic carbocycles. The quantitative estimate of drug-likeness (QED) is 0.520. The molecule has 2 nitrogen and oxygen atoms in total. The Balaban J connectivity index is 2.54. The van der Waals surface area contributed by atoms with Crippen LogP contribution in [0.2, 0.25) is 0 Å². The van der Waals surface area contributed by atoms with Gasteiger partial charge in [-0.05, 0) is 0 Å². The summed E-state index contributed by atoms with van der Waals surface area (Å²) in [5.41, 5.74) is 0. The van der Waals surface area contributed by atoms with Crippen molar-refractivity contribution in [1.82, 2.24) is 0 Å². The molecule has 0 aliphatic carbocycles. The van der Waals surface area contributed by atoms with E-state index in [-0.39, 0.29) is 0 Å². The van der Waals surface area contributed by atoms with Crippen molar-refractivity contribution in [2.45, 2.75) is 19.4 Å². The summed E-state index contributed by atoms with van der Waals surface area (Å²) in [7, 11) is 0. The fraction of sp³-hybridized carbons (Fsp3) is 1.00. The van der Waals surface area contributed by atoms with Crippen molar-refractivity contribution in [3.05, 3.63) is 0 Å². The van der Waals surface area contributed by atoms with E-state index in [0.717, 1.165) is 13.0 Å². The molecule has 60 valence electrons. The minimum atomic E-state index is -1.61. The third kappa shape index (κ3) is 2.37. The van der Waals surface area contributed by atoms with Crippen LogP contribution in [-0.4, -0.2) is 34.1 Å². The van der Waals surface area contributed by atoms with E-state index in [0.29, 0.717) is 6.10 Å². The second-order valence-electron chi connectivity index (χ2n) is 2.17. The number of hydrogen-bond donors (Lipinski definition) is 0. The zero-order valence-electron chi connectivity index (χ0n) is 6.07. The minimum absolute atomic E-state index is 0.357. The molecule has 1 fully saturated rings. The molecule has 0 aromatic rings. The Morgan fingerprint density at radius 3 is 2.80 bits per heavy atom. The van der Waals surface area contributed by atoms with Gasteiger partial charge in [-0.15, -0.1) is 0 Å². The molecule has 1 aliphatic rings. The maximum atomic E-state index is 5.62. The van der Waals surface area contributed by atoms with Crippen LogP contribution in [0.1, 0.15) is 13.3 Å². The first-order valence-corrected chi connectivity index (χ1v) is 8.82. The summed E-state index contributed by atoms with van der Waals surface area (Å²) < 4.78 is 11.1. The van der Waals surface area contributed by atoms with Gasteiger partial charge in [-0.1, -0.05) is 0 Å². The molecule has 5 heteroatoms. The molecule has 1 rings (SSSR count). The van der Waals surface area contributed by atoms with Crippen LogP contribution >= 0.6 is 16.5 Å². The van der Waals surface area contributed by atoms with Gasteiger partial charge in [0.15, 0.2) is 0 Å². The van der Waals surface area contributed by atoms with E-state index in [1.807, 2.05) is 6.26 Å². The second kappa shape index (κ2) is 3.75. The van der Waals surface area contributed by atoms with Gasteiger partial charge in [0.1, 0.15) is 0 Å². The van der Waals surface area contributed by atoms with Gasteiger partial charge < -0.3 is 0 Å². The topological polar surface area (TPSA) is 18.5 Å². The zero-order valence-corrected chi connectivity index (χ0v) is 9.50. The van der Waals surface area contributed by atoms with Crippen molar-refractivity contribution in [3.8, 4) is 0 Å². The predicted octanol–water partition coefficient (Wildman–Crippen LogP) is 2.02. The van der Waals surface area contributed by atoms with E-state index in [1.54, 1.807) is 11.4 Å². The Morgan fingerprint density at radius 1 is 1.70 bits per heavy atom. The molecular formula is C5H11O2PSSe. The van der Waals surface area contributed by atoms with Crippen LogP contribution in [0.25, 0.3) is 0 Å². The van der Waals surface area contributed by atoms with Crippen LogP contribution in [0.15, 0.2) is 0 Å². The van der Waals surface area contributed by atoms with E-state index in [2.05, 4.69) is 22.0 Å². The van der Waals surface area contributed by atoms with Crippen LogP contribution in [0.3, 0.4) is 0 Å². The SMILES string of the molecule is CS[P@@]1(=[Se])OCC[C@H](C)O1. The zero-order chi connectivity index (χ0) is 7.61. The molecule has 0 bridgehead atoms. The molecule has 1 aliphatic heterocycles. The van der Waals surface area contributed by atoms with Crippen molar-refractivity contribution in [1.29, 1.82) is 0 Å². The molecule has 0 amide bonds. The first-order valence-electron chi connectivity index (χ1n) is 3.15. The Morgan fingerprint density at radius 2 is 2.40 bits per heavy atom. The van der Waals surface area contributed by atoms with E-state index >= 15 is 0 Å². The predicted molar refractivity (Wildman–Crippen MR) is 47.3 cm³/mol. The molecule has 0 aromatic heterocycles. The standard InChI is InChI=1S/C5H11O2PSSe/c1-5-3-4-6-8(10,7-5)9-2/h5H,3-4H2,1-2H3/t5-,8+/m0/s1. The van der Waals surface area contributed by atoms with Crippen LogP contribution in [0, 0.1) is 0 Å². The summed E-state index contributed by atoms with van der Waals surface area (Å²) in [6.45, 7) is 2.92. The van der Waals surface area contributed by atoms with Crippen molar-refractivity contribution in [2.75, 3.05) is 12.9 Å². The summed E-state index contributed by atoms with van der Waals surface area (Å²) in [4.78, 5) is 0. The van der Waals surface area contributed by atoms with Gasteiger partial charge >= 0.3 is 73.0 Å². The van der Waals surface area contributed by atoms with Crippen molar-refractivity contribution >= 4 is 31.6 Å². The van der Waals surface area contributed by atoms with Crippen LogP contribution < -0.4 is 0 Å². The molecular weight excluding hydrogens is 234 g/mol. The summed E-state index contributed by atoms with van der Waals surface area (Å²) >= 11 is 4.67. The van der Waals surface area contributed by atoms with E-state index < -0.39 is 5.16 Å². The molecule has 0 N–H and O–H groups in total. The summed E-state index contributed by atoms with van der Waals surface area (Å²) in [6.07, 6.45) is 3.39. The van der Waals surface area contributed by atoms with E-state index in [1.165, 1.54) is 0 Å². The second-order valence-corrected chi connectivity index (χ2v) is 11.0.